The first-order valence-electron chi connectivity index (χ1n) is 7.32. The van der Waals surface area contributed by atoms with Crippen LogP contribution in [-0.4, -0.2) is 10.4 Å². The molecule has 0 amide bonds. The number of hydrogen-bond acceptors (Lipinski definition) is 1. The highest BCUT2D eigenvalue weighted by molar-refractivity contribution is 6.20. The molecule has 0 spiro atoms. The lowest BCUT2D eigenvalue weighted by molar-refractivity contribution is 0.343. The molecule has 0 aliphatic heterocycles. The van der Waals surface area contributed by atoms with E-state index in [2.05, 4.69) is 30.3 Å². The van der Waals surface area contributed by atoms with E-state index in [1.54, 1.807) is 0 Å². The predicted molar refractivity (Wildman–Crippen MR) is 81.7 cm³/mol. The molecule has 1 atom stereocenters. The van der Waals surface area contributed by atoms with E-state index in [9.17, 15) is 0 Å². The van der Waals surface area contributed by atoms with E-state index in [0.717, 1.165) is 17.6 Å². The van der Waals surface area contributed by atoms with E-state index in [-0.39, 0.29) is 5.38 Å². The topological polar surface area (TPSA) is 12.9 Å². The summed E-state index contributed by atoms with van der Waals surface area (Å²) in [6, 6.07) is 12.5. The lowest BCUT2D eigenvalue weighted by Crippen LogP contribution is -2.20. The second kappa shape index (κ2) is 5.92. The molecule has 1 saturated carbocycles. The standard InChI is InChI=1S/C17H20ClN/c18-16(13-6-2-1-3-7-13)12-15-11-10-14-8-4-5-9-17(14)19-15/h4-5,8-11,13,16H,1-3,6-7,12H2. The Bertz CT molecular complexity index is 546. The maximum atomic E-state index is 6.61. The van der Waals surface area contributed by atoms with Gasteiger partial charge in [0.05, 0.1) is 5.52 Å². The third-order valence-corrected chi connectivity index (χ3v) is 4.73. The number of benzene rings is 1. The number of aromatic nitrogens is 1. The number of hydrogen-bond donors (Lipinski definition) is 0. The Morgan fingerprint density at radius 1 is 1.05 bits per heavy atom. The molecule has 2 aromatic rings. The molecule has 0 saturated heterocycles. The minimum atomic E-state index is 0.244. The minimum absolute atomic E-state index is 0.244. The number of fused-ring (bicyclic) bond motifs is 1. The highest BCUT2D eigenvalue weighted by Gasteiger charge is 2.22. The van der Waals surface area contributed by atoms with E-state index < -0.39 is 0 Å². The maximum Gasteiger partial charge on any atom is 0.0705 e. The molecule has 1 unspecified atom stereocenters. The van der Waals surface area contributed by atoms with Crippen molar-refractivity contribution in [2.24, 2.45) is 5.92 Å². The molecule has 0 radical (unpaired) electrons. The van der Waals surface area contributed by atoms with Gasteiger partial charge in [0.25, 0.3) is 0 Å². The summed E-state index contributed by atoms with van der Waals surface area (Å²) >= 11 is 6.61. The fourth-order valence-corrected chi connectivity index (χ4v) is 3.49. The van der Waals surface area contributed by atoms with Crippen molar-refractivity contribution >= 4 is 22.5 Å². The molecule has 1 aromatic carbocycles. The Labute approximate surface area is 120 Å². The van der Waals surface area contributed by atoms with Crippen molar-refractivity contribution in [3.63, 3.8) is 0 Å². The maximum absolute atomic E-state index is 6.61. The summed E-state index contributed by atoms with van der Waals surface area (Å²) in [5.74, 6) is 0.684. The summed E-state index contributed by atoms with van der Waals surface area (Å²) in [6.07, 6.45) is 7.56. The molecule has 1 nitrogen and oxygen atoms in total. The van der Waals surface area contributed by atoms with Crippen LogP contribution >= 0.6 is 11.6 Å². The first-order chi connectivity index (χ1) is 9.33. The molecule has 0 N–H and O–H groups in total. The Morgan fingerprint density at radius 2 is 1.84 bits per heavy atom. The Kier molecular flexibility index (Phi) is 4.03. The molecule has 3 rings (SSSR count). The van der Waals surface area contributed by atoms with Gasteiger partial charge in [-0.2, -0.15) is 0 Å². The van der Waals surface area contributed by atoms with Crippen LogP contribution in [0.5, 0.6) is 0 Å². The molecule has 1 heterocycles. The molecule has 100 valence electrons. The van der Waals surface area contributed by atoms with Gasteiger partial charge in [-0.25, -0.2) is 0 Å². The number of alkyl halides is 1. The zero-order valence-electron chi connectivity index (χ0n) is 11.2. The summed E-state index contributed by atoms with van der Waals surface area (Å²) < 4.78 is 0. The van der Waals surface area contributed by atoms with Gasteiger partial charge in [0, 0.05) is 22.9 Å². The molecular formula is C17H20ClN. The van der Waals surface area contributed by atoms with E-state index in [4.69, 9.17) is 16.6 Å². The molecule has 1 aliphatic rings. The van der Waals surface area contributed by atoms with Crippen LogP contribution in [0.2, 0.25) is 0 Å². The SMILES string of the molecule is ClC(Cc1ccc2ccccc2n1)C1CCCCC1. The minimum Gasteiger partial charge on any atom is -0.253 e. The van der Waals surface area contributed by atoms with Gasteiger partial charge < -0.3 is 0 Å². The highest BCUT2D eigenvalue weighted by atomic mass is 35.5. The largest absolute Gasteiger partial charge is 0.253 e. The van der Waals surface area contributed by atoms with Crippen LogP contribution in [0.25, 0.3) is 10.9 Å². The average molecular weight is 274 g/mol. The third kappa shape index (κ3) is 3.09. The zero-order chi connectivity index (χ0) is 13.1. The quantitative estimate of drug-likeness (QED) is 0.720. The molecule has 1 aliphatic carbocycles. The van der Waals surface area contributed by atoms with Crippen molar-refractivity contribution in [1.82, 2.24) is 4.98 Å². The monoisotopic (exact) mass is 273 g/mol. The van der Waals surface area contributed by atoms with Crippen molar-refractivity contribution in [1.29, 1.82) is 0 Å². The lowest BCUT2D eigenvalue weighted by atomic mass is 9.85. The third-order valence-electron chi connectivity index (χ3n) is 4.22. The van der Waals surface area contributed by atoms with Crippen molar-refractivity contribution in [2.45, 2.75) is 43.9 Å². The fourth-order valence-electron chi connectivity index (χ4n) is 3.08. The summed E-state index contributed by atoms with van der Waals surface area (Å²) in [5.41, 5.74) is 2.21. The molecule has 19 heavy (non-hydrogen) atoms. The molecule has 1 fully saturated rings. The van der Waals surface area contributed by atoms with Crippen LogP contribution in [-0.2, 0) is 6.42 Å². The number of pyridine rings is 1. The van der Waals surface area contributed by atoms with Gasteiger partial charge in [0.15, 0.2) is 0 Å². The smallest absolute Gasteiger partial charge is 0.0705 e. The number of nitrogens with zero attached hydrogens (tertiary/aromatic N) is 1. The Balaban J connectivity index is 1.73. The van der Waals surface area contributed by atoms with Gasteiger partial charge in [-0.15, -0.1) is 11.6 Å². The second-order valence-electron chi connectivity index (χ2n) is 5.61. The van der Waals surface area contributed by atoms with Crippen LogP contribution < -0.4 is 0 Å². The lowest BCUT2D eigenvalue weighted by Gasteiger charge is -2.25. The van der Waals surface area contributed by atoms with Crippen molar-refractivity contribution in [3.05, 3.63) is 42.1 Å². The van der Waals surface area contributed by atoms with Gasteiger partial charge in [-0.1, -0.05) is 43.5 Å². The van der Waals surface area contributed by atoms with Gasteiger partial charge in [0.1, 0.15) is 0 Å². The van der Waals surface area contributed by atoms with E-state index in [0.29, 0.717) is 5.92 Å². The molecule has 1 aromatic heterocycles. The van der Waals surface area contributed by atoms with E-state index in [1.165, 1.54) is 37.5 Å². The number of para-hydroxylation sites is 1. The van der Waals surface area contributed by atoms with Crippen LogP contribution in [0.3, 0.4) is 0 Å². The fraction of sp³-hybridized carbons (Fsp3) is 0.471. The summed E-state index contributed by atoms with van der Waals surface area (Å²) in [7, 11) is 0. The summed E-state index contributed by atoms with van der Waals surface area (Å²) in [6.45, 7) is 0. The van der Waals surface area contributed by atoms with Crippen LogP contribution in [0, 0.1) is 5.92 Å². The predicted octanol–water partition coefficient (Wildman–Crippen LogP) is 4.97. The first-order valence-corrected chi connectivity index (χ1v) is 7.75. The van der Waals surface area contributed by atoms with Crippen LogP contribution in [0.15, 0.2) is 36.4 Å². The zero-order valence-corrected chi connectivity index (χ0v) is 11.9. The number of halogens is 1. The van der Waals surface area contributed by atoms with Crippen molar-refractivity contribution in [3.8, 4) is 0 Å². The average Bonchev–Trinajstić information content (AvgIpc) is 2.48. The Morgan fingerprint density at radius 3 is 2.68 bits per heavy atom. The summed E-state index contributed by atoms with van der Waals surface area (Å²) in [5, 5.41) is 1.45. The molecule has 2 heteroatoms. The van der Waals surface area contributed by atoms with Crippen molar-refractivity contribution in [2.75, 3.05) is 0 Å². The van der Waals surface area contributed by atoms with Crippen LogP contribution in [0.1, 0.15) is 37.8 Å². The van der Waals surface area contributed by atoms with E-state index >= 15 is 0 Å². The second-order valence-corrected chi connectivity index (χ2v) is 6.17. The van der Waals surface area contributed by atoms with Crippen LogP contribution in [0.4, 0.5) is 0 Å². The molecule has 0 bridgehead atoms. The summed E-state index contributed by atoms with van der Waals surface area (Å²) in [4.78, 5) is 4.73. The Hall–Kier alpha value is -1.08. The van der Waals surface area contributed by atoms with Gasteiger partial charge >= 0.3 is 0 Å². The molecular weight excluding hydrogens is 254 g/mol. The van der Waals surface area contributed by atoms with Gasteiger partial charge in [-0.05, 0) is 30.9 Å². The first kappa shape index (κ1) is 12.9. The van der Waals surface area contributed by atoms with Gasteiger partial charge in [-0.3, -0.25) is 4.98 Å². The van der Waals surface area contributed by atoms with Crippen molar-refractivity contribution < 1.29 is 0 Å². The van der Waals surface area contributed by atoms with Gasteiger partial charge in [0.2, 0.25) is 0 Å². The highest BCUT2D eigenvalue weighted by Crippen LogP contribution is 2.30. The number of rotatable bonds is 3. The van der Waals surface area contributed by atoms with E-state index in [1.807, 2.05) is 6.07 Å². The normalized spacial score (nSPS) is 18.6.